The predicted molar refractivity (Wildman–Crippen MR) is 342 cm³/mol. The number of aliphatic hydroxyl groups is 11. The summed E-state index contributed by atoms with van der Waals surface area (Å²) in [6, 6.07) is -0.998. The van der Waals surface area contributed by atoms with Crippen LogP contribution < -0.4 is 5.32 Å². The standard InChI is InChI=1S/C69H125NO18/c1-3-5-7-9-11-13-15-17-18-19-20-21-22-23-24-25-26-27-28-29-30-31-32-33-35-36-38-40-42-44-46-53(74)52(70-57(75)47-45-43-41-39-37-34-16-14-12-10-8-6-4-2)51-83-67-63(81)60(78)65(55(49-72)85-67)88-69-64(82)61(79)66(56(50-73)86-69)87-68-62(80)59(77)58(76)54(48-71)84-68/h8,10,14,16,36,38,44,46,52-56,58-69,71-74,76-82H,3-7,9,11-13,15,17-35,37,39-43,45,47-51H2,1-2H3,(H,70,75)/b10-8-,16-14-,38-36+,46-44+. The fourth-order valence-corrected chi connectivity index (χ4v) is 11.7. The molecule has 19 nitrogen and oxygen atoms in total. The molecule has 17 atom stereocenters. The number of rotatable bonds is 53. The summed E-state index contributed by atoms with van der Waals surface area (Å²) in [6.07, 6.45) is 34.1. The summed E-state index contributed by atoms with van der Waals surface area (Å²) in [5.74, 6) is -0.300. The summed E-state index contributed by atoms with van der Waals surface area (Å²) in [5, 5.41) is 120. The zero-order chi connectivity index (χ0) is 64.0. The number of allylic oxidation sites excluding steroid dienone is 7. The van der Waals surface area contributed by atoms with Gasteiger partial charge in [-0.15, -0.1) is 0 Å². The van der Waals surface area contributed by atoms with Gasteiger partial charge in [-0.3, -0.25) is 4.79 Å². The average molecular weight is 1260 g/mol. The molecule has 3 saturated heterocycles. The smallest absolute Gasteiger partial charge is 0.220 e. The van der Waals surface area contributed by atoms with Crippen molar-refractivity contribution in [1.82, 2.24) is 5.32 Å². The van der Waals surface area contributed by atoms with Crippen LogP contribution in [0.15, 0.2) is 48.6 Å². The summed E-state index contributed by atoms with van der Waals surface area (Å²) in [7, 11) is 0. The monoisotopic (exact) mass is 1260 g/mol. The van der Waals surface area contributed by atoms with Crippen molar-refractivity contribution in [2.45, 2.75) is 356 Å². The Bertz CT molecular complexity index is 1790. The second-order valence-corrected chi connectivity index (χ2v) is 25.0. The Hall–Kier alpha value is -2.25. The largest absolute Gasteiger partial charge is 0.394 e. The first-order chi connectivity index (χ1) is 42.8. The fourth-order valence-electron chi connectivity index (χ4n) is 11.7. The third-order valence-electron chi connectivity index (χ3n) is 17.3. The molecule has 1 amide bonds. The summed E-state index contributed by atoms with van der Waals surface area (Å²) in [4.78, 5) is 13.3. The van der Waals surface area contributed by atoms with Gasteiger partial charge in [-0.05, 0) is 57.8 Å². The summed E-state index contributed by atoms with van der Waals surface area (Å²) < 4.78 is 34.3. The highest BCUT2D eigenvalue weighted by Crippen LogP contribution is 2.33. The Morgan fingerprint density at radius 1 is 0.409 bits per heavy atom. The molecule has 17 unspecified atom stereocenters. The minimum atomic E-state index is -1.98. The summed E-state index contributed by atoms with van der Waals surface area (Å²) in [5.41, 5.74) is 0. The van der Waals surface area contributed by atoms with Crippen molar-refractivity contribution in [2.75, 3.05) is 26.4 Å². The number of unbranched alkanes of at least 4 members (excludes halogenated alkanes) is 31. The van der Waals surface area contributed by atoms with Gasteiger partial charge >= 0.3 is 0 Å². The van der Waals surface area contributed by atoms with E-state index in [0.717, 1.165) is 70.6 Å². The Balaban J connectivity index is 1.41. The molecular formula is C69H125NO18. The number of carbonyl (C=O) groups excluding carboxylic acids is 1. The van der Waals surface area contributed by atoms with Crippen LogP contribution in [0.4, 0.5) is 0 Å². The molecule has 0 saturated carbocycles. The highest BCUT2D eigenvalue weighted by Gasteiger charge is 2.53. The molecule has 0 aromatic rings. The van der Waals surface area contributed by atoms with Crippen LogP contribution in [0.25, 0.3) is 0 Å². The second-order valence-electron chi connectivity index (χ2n) is 25.0. The lowest BCUT2D eigenvalue weighted by Crippen LogP contribution is -2.66. The molecular weight excluding hydrogens is 1130 g/mol. The van der Waals surface area contributed by atoms with Crippen LogP contribution in [0, 0.1) is 0 Å². The molecule has 3 heterocycles. The molecule has 3 rings (SSSR count). The van der Waals surface area contributed by atoms with Gasteiger partial charge in [0.15, 0.2) is 18.9 Å². The van der Waals surface area contributed by atoms with E-state index in [-0.39, 0.29) is 18.9 Å². The minimum absolute atomic E-state index is 0.218. The van der Waals surface area contributed by atoms with Gasteiger partial charge in [-0.25, -0.2) is 0 Å². The van der Waals surface area contributed by atoms with Crippen molar-refractivity contribution in [3.05, 3.63) is 48.6 Å². The number of amides is 1. The Labute approximate surface area is 529 Å². The zero-order valence-corrected chi connectivity index (χ0v) is 54.2. The number of aliphatic hydroxyl groups excluding tert-OH is 11. The van der Waals surface area contributed by atoms with Gasteiger partial charge in [0.25, 0.3) is 0 Å². The van der Waals surface area contributed by atoms with Crippen molar-refractivity contribution in [1.29, 1.82) is 0 Å². The topological polar surface area (TPSA) is 307 Å². The number of hydrogen-bond acceptors (Lipinski definition) is 18. The van der Waals surface area contributed by atoms with E-state index in [9.17, 15) is 61.0 Å². The quantitative estimate of drug-likeness (QED) is 0.0200. The highest BCUT2D eigenvalue weighted by atomic mass is 16.8. The van der Waals surface area contributed by atoms with Crippen molar-refractivity contribution in [3.63, 3.8) is 0 Å². The maximum atomic E-state index is 13.3. The zero-order valence-electron chi connectivity index (χ0n) is 54.2. The van der Waals surface area contributed by atoms with Crippen LogP contribution in [-0.2, 0) is 33.2 Å². The van der Waals surface area contributed by atoms with E-state index >= 15 is 0 Å². The molecule has 0 aliphatic carbocycles. The first-order valence-corrected chi connectivity index (χ1v) is 34.9. The van der Waals surface area contributed by atoms with Crippen LogP contribution in [0.3, 0.4) is 0 Å². The maximum absolute atomic E-state index is 13.3. The summed E-state index contributed by atoms with van der Waals surface area (Å²) in [6.45, 7) is 1.64. The molecule has 514 valence electrons. The maximum Gasteiger partial charge on any atom is 0.220 e. The van der Waals surface area contributed by atoms with Crippen LogP contribution in [0.5, 0.6) is 0 Å². The van der Waals surface area contributed by atoms with E-state index in [1.165, 1.54) is 148 Å². The molecule has 12 N–H and O–H groups in total. The molecule has 3 fully saturated rings. The van der Waals surface area contributed by atoms with E-state index in [1.807, 2.05) is 6.08 Å². The number of carbonyl (C=O) groups is 1. The lowest BCUT2D eigenvalue weighted by molar-refractivity contribution is -0.379. The van der Waals surface area contributed by atoms with Crippen LogP contribution in [0.2, 0.25) is 0 Å². The molecule has 0 aromatic carbocycles. The van der Waals surface area contributed by atoms with E-state index < -0.39 is 124 Å². The number of nitrogens with one attached hydrogen (secondary N) is 1. The second kappa shape index (κ2) is 51.2. The van der Waals surface area contributed by atoms with Crippen molar-refractivity contribution in [2.24, 2.45) is 0 Å². The Kier molecular flexibility index (Phi) is 46.5. The molecule has 19 heteroatoms. The molecule has 3 aliphatic heterocycles. The van der Waals surface area contributed by atoms with Gasteiger partial charge in [0.2, 0.25) is 5.91 Å². The SMILES string of the molecule is CCC/C=C\C/C=C\CCCCCCCC(=O)NC(COC1OC(CO)C(OC2OC(CO)C(OC3OC(CO)C(O)C(O)C3O)C(O)C2O)C(O)C1O)C(O)/C=C/CC/C=C/CCCCCCCCCCCCCCCCCCCCCCCCCC. The predicted octanol–water partition coefficient (Wildman–Crippen LogP) is 9.00. The normalized spacial score (nSPS) is 28.7. The Morgan fingerprint density at radius 2 is 0.784 bits per heavy atom. The molecule has 0 bridgehead atoms. The van der Waals surface area contributed by atoms with Gasteiger partial charge in [-0.1, -0.05) is 236 Å². The van der Waals surface area contributed by atoms with Gasteiger partial charge < -0.3 is 89.9 Å². The molecule has 3 aliphatic rings. The van der Waals surface area contributed by atoms with E-state index in [2.05, 4.69) is 55.6 Å². The molecule has 0 aromatic heterocycles. The molecule has 88 heavy (non-hydrogen) atoms. The molecule has 0 spiro atoms. The highest BCUT2D eigenvalue weighted by molar-refractivity contribution is 5.76. The lowest BCUT2D eigenvalue weighted by Gasteiger charge is -2.48. The minimum Gasteiger partial charge on any atom is -0.394 e. The Morgan fingerprint density at radius 3 is 1.25 bits per heavy atom. The summed E-state index contributed by atoms with van der Waals surface area (Å²) >= 11 is 0. The average Bonchev–Trinajstić information content (AvgIpc) is 1.80. The van der Waals surface area contributed by atoms with Crippen molar-refractivity contribution >= 4 is 5.91 Å². The first-order valence-electron chi connectivity index (χ1n) is 34.9. The molecule has 0 radical (unpaired) electrons. The van der Waals surface area contributed by atoms with Crippen molar-refractivity contribution < 1.29 is 89.4 Å². The van der Waals surface area contributed by atoms with Gasteiger partial charge in [0.05, 0.1) is 38.6 Å². The van der Waals surface area contributed by atoms with E-state index in [4.69, 9.17) is 28.4 Å². The third-order valence-corrected chi connectivity index (χ3v) is 17.3. The van der Waals surface area contributed by atoms with Gasteiger partial charge in [0.1, 0.15) is 73.2 Å². The van der Waals surface area contributed by atoms with Crippen LogP contribution in [-0.4, -0.2) is 193 Å². The van der Waals surface area contributed by atoms with Gasteiger partial charge in [-0.2, -0.15) is 0 Å². The fraction of sp³-hybridized carbons (Fsp3) is 0.870. The van der Waals surface area contributed by atoms with Gasteiger partial charge in [0, 0.05) is 6.42 Å². The van der Waals surface area contributed by atoms with Crippen LogP contribution >= 0.6 is 0 Å². The number of ether oxygens (including phenoxy) is 6. The van der Waals surface area contributed by atoms with E-state index in [1.54, 1.807) is 6.08 Å². The number of hydrogen-bond donors (Lipinski definition) is 12. The van der Waals surface area contributed by atoms with Crippen LogP contribution in [0.1, 0.15) is 251 Å². The third kappa shape index (κ3) is 33.0. The van der Waals surface area contributed by atoms with Crippen molar-refractivity contribution in [3.8, 4) is 0 Å². The lowest BCUT2D eigenvalue weighted by atomic mass is 9.96. The first kappa shape index (κ1) is 80.0. The van der Waals surface area contributed by atoms with E-state index in [0.29, 0.717) is 12.8 Å².